The van der Waals surface area contributed by atoms with Gasteiger partial charge in [0.25, 0.3) is 0 Å². The second kappa shape index (κ2) is 7.56. The molecule has 8 rings (SSSR count). The van der Waals surface area contributed by atoms with Gasteiger partial charge in [0.05, 0.1) is 22.7 Å². The summed E-state index contributed by atoms with van der Waals surface area (Å²) >= 11 is 0. The Labute approximate surface area is 213 Å². The molecule has 4 aromatic rings. The highest BCUT2D eigenvalue weighted by atomic mass is 19.1. The number of nitrogens with zero attached hydrogens (tertiary/aromatic N) is 3. The number of aromatic hydroxyl groups is 1. The van der Waals surface area contributed by atoms with Crippen LogP contribution < -0.4 is 15.0 Å². The van der Waals surface area contributed by atoms with E-state index in [9.17, 15) is 9.50 Å². The maximum atomic E-state index is 14.8. The number of piperazine rings is 1. The number of phenolic OH excluding ortho intramolecular Hbond substituents is 1. The summed E-state index contributed by atoms with van der Waals surface area (Å²) in [5.74, 6) is 4.06. The molecule has 4 atom stereocenters. The van der Waals surface area contributed by atoms with E-state index in [1.54, 1.807) is 18.2 Å². The average Bonchev–Trinajstić information content (AvgIpc) is 3.69. The molecule has 2 saturated heterocycles. The number of terminal acetylenes is 1. The van der Waals surface area contributed by atoms with Gasteiger partial charge < -0.3 is 20.1 Å². The maximum absolute atomic E-state index is 14.8. The molecule has 2 aromatic carbocycles. The van der Waals surface area contributed by atoms with E-state index in [4.69, 9.17) is 21.1 Å². The Hall–Kier alpha value is -3.89. The fourth-order valence-electron chi connectivity index (χ4n) is 6.83. The van der Waals surface area contributed by atoms with Crippen LogP contribution in [-0.4, -0.2) is 45.8 Å². The Bertz CT molecular complexity index is 1660. The van der Waals surface area contributed by atoms with E-state index in [1.807, 2.05) is 18.3 Å². The number of hydrogen-bond donors (Lipinski definition) is 2. The molecule has 4 aliphatic rings. The average molecular weight is 493 g/mol. The number of pyridine rings is 2. The van der Waals surface area contributed by atoms with Crippen molar-refractivity contribution in [2.24, 2.45) is 5.92 Å². The van der Waals surface area contributed by atoms with Crippen molar-refractivity contribution in [2.45, 2.75) is 49.9 Å². The molecule has 3 aliphatic heterocycles. The lowest BCUT2D eigenvalue weighted by Gasteiger charge is -2.43. The molecular weight excluding hydrogens is 467 g/mol. The molecule has 0 spiro atoms. The third kappa shape index (κ3) is 3.09. The third-order valence-corrected chi connectivity index (χ3v) is 8.57. The highest BCUT2D eigenvalue weighted by Gasteiger charge is 2.51. The predicted octanol–water partition coefficient (Wildman–Crippen LogP) is 4.76. The molecule has 0 amide bonds. The topological polar surface area (TPSA) is 70.5 Å². The van der Waals surface area contributed by atoms with Crippen LogP contribution in [0.4, 0.5) is 10.2 Å². The van der Waals surface area contributed by atoms with E-state index < -0.39 is 5.82 Å². The largest absolute Gasteiger partial charge is 0.508 e. The van der Waals surface area contributed by atoms with Crippen LogP contribution >= 0.6 is 0 Å². The maximum Gasteiger partial charge on any atom is 0.226 e. The zero-order valence-corrected chi connectivity index (χ0v) is 20.1. The van der Waals surface area contributed by atoms with Gasteiger partial charge in [0.2, 0.25) is 5.88 Å². The Morgan fingerprint density at radius 2 is 1.95 bits per heavy atom. The van der Waals surface area contributed by atoms with E-state index in [-0.39, 0.29) is 23.5 Å². The van der Waals surface area contributed by atoms with Gasteiger partial charge in [-0.2, -0.15) is 0 Å². The summed E-state index contributed by atoms with van der Waals surface area (Å²) in [7, 11) is 0. The fraction of sp³-hybridized carbons (Fsp3) is 0.333. The molecule has 1 unspecified atom stereocenters. The number of halogens is 1. The molecular formula is C30H25FN4O2. The first-order valence-corrected chi connectivity index (χ1v) is 13.0. The number of hydrogen-bond acceptors (Lipinski definition) is 6. The van der Waals surface area contributed by atoms with Crippen molar-refractivity contribution >= 4 is 27.4 Å². The second-order valence-corrected chi connectivity index (χ2v) is 10.8. The van der Waals surface area contributed by atoms with Crippen molar-refractivity contribution in [3.8, 4) is 35.2 Å². The Kier molecular flexibility index (Phi) is 4.34. The molecule has 184 valence electrons. The molecule has 37 heavy (non-hydrogen) atoms. The molecule has 2 bridgehead atoms. The minimum Gasteiger partial charge on any atom is -0.508 e. The van der Waals surface area contributed by atoms with Gasteiger partial charge in [-0.1, -0.05) is 12.0 Å². The van der Waals surface area contributed by atoms with Crippen molar-refractivity contribution in [1.29, 1.82) is 0 Å². The van der Waals surface area contributed by atoms with Gasteiger partial charge in [-0.05, 0) is 72.7 Å². The summed E-state index contributed by atoms with van der Waals surface area (Å²) in [4.78, 5) is 12.4. The minimum absolute atomic E-state index is 0.0105. The first kappa shape index (κ1) is 21.2. The van der Waals surface area contributed by atoms with E-state index in [0.29, 0.717) is 45.9 Å². The fourth-order valence-corrected chi connectivity index (χ4v) is 6.83. The Balaban J connectivity index is 1.39. The zero-order valence-electron chi connectivity index (χ0n) is 20.1. The Morgan fingerprint density at radius 3 is 2.78 bits per heavy atom. The van der Waals surface area contributed by atoms with Crippen LogP contribution in [-0.2, 0) is 0 Å². The van der Waals surface area contributed by atoms with E-state index in [0.717, 1.165) is 42.4 Å². The van der Waals surface area contributed by atoms with Crippen molar-refractivity contribution in [2.75, 3.05) is 11.4 Å². The van der Waals surface area contributed by atoms with Gasteiger partial charge in [-0.25, -0.2) is 14.4 Å². The summed E-state index contributed by atoms with van der Waals surface area (Å²) in [5, 5.41) is 17.4. The lowest BCUT2D eigenvalue weighted by molar-refractivity contribution is 0.119. The minimum atomic E-state index is -0.475. The highest BCUT2D eigenvalue weighted by Crippen LogP contribution is 2.48. The lowest BCUT2D eigenvalue weighted by Crippen LogP contribution is -2.63. The van der Waals surface area contributed by atoms with Crippen molar-refractivity contribution in [3.63, 3.8) is 0 Å². The molecule has 1 saturated carbocycles. The summed E-state index contributed by atoms with van der Waals surface area (Å²) in [5.41, 5.74) is 1.32. The van der Waals surface area contributed by atoms with Crippen LogP contribution in [0.3, 0.4) is 0 Å². The predicted molar refractivity (Wildman–Crippen MR) is 140 cm³/mol. The van der Waals surface area contributed by atoms with E-state index >= 15 is 0 Å². The van der Waals surface area contributed by atoms with Crippen LogP contribution in [0, 0.1) is 24.1 Å². The zero-order chi connectivity index (χ0) is 24.8. The number of aromatic nitrogens is 2. The van der Waals surface area contributed by atoms with Crippen LogP contribution in [0.15, 0.2) is 42.6 Å². The molecule has 2 N–H and O–H groups in total. The summed E-state index contributed by atoms with van der Waals surface area (Å²) in [6.45, 7) is 0.906. The molecule has 0 radical (unpaired) electrons. The summed E-state index contributed by atoms with van der Waals surface area (Å²) in [6.07, 6.45) is 12.2. The molecule has 2 aromatic heterocycles. The van der Waals surface area contributed by atoms with Crippen LogP contribution in [0.1, 0.15) is 31.2 Å². The molecule has 6 nitrogen and oxygen atoms in total. The molecule has 7 heteroatoms. The number of nitrogens with one attached hydrogen (secondary N) is 1. The van der Waals surface area contributed by atoms with E-state index in [1.165, 1.54) is 12.5 Å². The number of rotatable bonds is 2. The number of anilines is 1. The number of benzene rings is 2. The Morgan fingerprint density at radius 1 is 1.08 bits per heavy atom. The van der Waals surface area contributed by atoms with Crippen molar-refractivity contribution in [3.05, 3.63) is 54.0 Å². The second-order valence-electron chi connectivity index (χ2n) is 10.8. The first-order valence-electron chi connectivity index (χ1n) is 13.0. The van der Waals surface area contributed by atoms with Gasteiger partial charge in [0.1, 0.15) is 23.5 Å². The smallest absolute Gasteiger partial charge is 0.226 e. The highest BCUT2D eigenvalue weighted by molar-refractivity contribution is 6.04. The summed E-state index contributed by atoms with van der Waals surface area (Å²) in [6, 6.07) is 11.1. The monoisotopic (exact) mass is 492 g/mol. The van der Waals surface area contributed by atoms with E-state index in [2.05, 4.69) is 16.1 Å². The molecule has 3 fully saturated rings. The van der Waals surface area contributed by atoms with Crippen LogP contribution in [0.2, 0.25) is 0 Å². The van der Waals surface area contributed by atoms with Gasteiger partial charge >= 0.3 is 0 Å². The standard InChI is InChI=1S/C30H25FN4O2/c1-2-20-22(31)7-5-16-11-19(36)13-21(25(16)20)24-12-17-9-10-32-29-26(17)30(34-24)37-28(15-3-4-15)27-23-8-6-18(33-23)14-35(27)29/h1,5,7,9-13,15,18,23,27-28,33,36H,3-4,6,8,14H2/t18-,23+,27+,28?/m1/s1. The SMILES string of the molecule is C#Cc1c(F)ccc2cc(O)cc(-c3cc4ccnc5c4c(n3)OC(C3CC3)[C@@H]3[C@@H]4CC[C@H](CN53)N4)c12. The quantitative estimate of drug-likeness (QED) is 0.394. The number of ether oxygens (including phenoxy) is 1. The third-order valence-electron chi connectivity index (χ3n) is 8.57. The van der Waals surface area contributed by atoms with Crippen molar-refractivity contribution in [1.82, 2.24) is 15.3 Å². The number of fused-ring (bicyclic) bond motifs is 6. The van der Waals surface area contributed by atoms with Gasteiger partial charge in [0.15, 0.2) is 0 Å². The van der Waals surface area contributed by atoms with Gasteiger partial charge in [0, 0.05) is 35.8 Å². The van der Waals surface area contributed by atoms with Crippen LogP contribution in [0.25, 0.3) is 32.8 Å². The first-order chi connectivity index (χ1) is 18.1. The van der Waals surface area contributed by atoms with Crippen LogP contribution in [0.5, 0.6) is 11.6 Å². The van der Waals surface area contributed by atoms with Crippen molar-refractivity contribution < 1.29 is 14.2 Å². The van der Waals surface area contributed by atoms with Gasteiger partial charge in [-0.3, -0.25) is 0 Å². The van der Waals surface area contributed by atoms with Gasteiger partial charge in [-0.15, -0.1) is 6.42 Å². The normalized spacial score (nSPS) is 26.0. The lowest BCUT2D eigenvalue weighted by atomic mass is 9.95. The number of phenols is 1. The molecule has 1 aliphatic carbocycles. The molecule has 5 heterocycles. The summed E-state index contributed by atoms with van der Waals surface area (Å²) < 4.78 is 21.6.